The van der Waals surface area contributed by atoms with Gasteiger partial charge in [0.15, 0.2) is 11.5 Å². The normalized spacial score (nSPS) is 18.9. The molecule has 4 rings (SSSR count). The summed E-state index contributed by atoms with van der Waals surface area (Å²) in [6, 6.07) is 7.45. The molecule has 0 fully saturated rings. The predicted molar refractivity (Wildman–Crippen MR) is 107 cm³/mol. The van der Waals surface area contributed by atoms with Gasteiger partial charge in [0.05, 0.1) is 27.4 Å². The lowest BCUT2D eigenvalue weighted by Gasteiger charge is -2.37. The molecule has 1 N–H and O–H groups in total. The molecule has 2 aromatic rings. The number of likely N-dealkylation sites (N-methyl/N-ethyl adjacent to an activating group) is 1. The standard InChI is InChI=1S/C22H27NO6/c1-23-8-7-13-9-19-21(29-12-28-19)22(27-4)20(13)16(23)11-17(24)15-10-14(25-2)5-6-18(15)26-3/h5-6,9-10,16-17,24H,7-8,11-12H2,1-4H3/t16-,17-/m0/s1. The van der Waals surface area contributed by atoms with Crippen LogP contribution in [0.4, 0.5) is 0 Å². The minimum absolute atomic E-state index is 0.0471. The Kier molecular flexibility index (Phi) is 5.43. The third kappa shape index (κ3) is 3.45. The fourth-order valence-electron chi connectivity index (χ4n) is 4.26. The highest BCUT2D eigenvalue weighted by Crippen LogP contribution is 2.51. The van der Waals surface area contributed by atoms with Crippen molar-refractivity contribution >= 4 is 0 Å². The van der Waals surface area contributed by atoms with E-state index < -0.39 is 6.10 Å². The second-order valence-electron chi connectivity index (χ2n) is 7.32. The third-order valence-electron chi connectivity index (χ3n) is 5.79. The summed E-state index contributed by atoms with van der Waals surface area (Å²) in [5, 5.41) is 11.1. The van der Waals surface area contributed by atoms with Crippen LogP contribution in [0.2, 0.25) is 0 Å². The molecule has 29 heavy (non-hydrogen) atoms. The van der Waals surface area contributed by atoms with Crippen molar-refractivity contribution in [1.82, 2.24) is 4.90 Å². The molecular weight excluding hydrogens is 374 g/mol. The summed E-state index contributed by atoms with van der Waals surface area (Å²) in [5.74, 6) is 3.36. The van der Waals surface area contributed by atoms with E-state index in [0.717, 1.165) is 24.3 Å². The van der Waals surface area contributed by atoms with Gasteiger partial charge in [-0.3, -0.25) is 4.90 Å². The molecule has 0 bridgehead atoms. The molecule has 0 aromatic heterocycles. The Morgan fingerprint density at radius 3 is 2.69 bits per heavy atom. The molecule has 7 heteroatoms. The van der Waals surface area contributed by atoms with Crippen LogP contribution in [-0.4, -0.2) is 51.7 Å². The topological polar surface area (TPSA) is 69.6 Å². The van der Waals surface area contributed by atoms with E-state index in [1.54, 1.807) is 21.3 Å². The Morgan fingerprint density at radius 2 is 1.97 bits per heavy atom. The number of nitrogens with zero attached hydrogens (tertiary/aromatic N) is 1. The molecule has 0 saturated heterocycles. The summed E-state index contributed by atoms with van der Waals surface area (Å²) in [4.78, 5) is 2.24. The highest BCUT2D eigenvalue weighted by molar-refractivity contribution is 5.62. The van der Waals surface area contributed by atoms with E-state index >= 15 is 0 Å². The summed E-state index contributed by atoms with van der Waals surface area (Å²) < 4.78 is 27.8. The SMILES string of the molecule is COc1ccc(OC)c([C@@H](O)C[C@H]2c3c(cc4c(c3OC)OCO4)CCN2C)c1. The van der Waals surface area contributed by atoms with Crippen LogP contribution in [0.1, 0.15) is 35.3 Å². The molecule has 156 valence electrons. The van der Waals surface area contributed by atoms with Gasteiger partial charge in [-0.1, -0.05) is 0 Å². The van der Waals surface area contributed by atoms with Crippen molar-refractivity contribution in [3.05, 3.63) is 41.0 Å². The van der Waals surface area contributed by atoms with Gasteiger partial charge < -0.3 is 28.8 Å². The van der Waals surface area contributed by atoms with E-state index in [0.29, 0.717) is 35.0 Å². The van der Waals surface area contributed by atoms with E-state index in [1.165, 1.54) is 5.56 Å². The molecule has 2 aliphatic heterocycles. The van der Waals surface area contributed by atoms with Crippen molar-refractivity contribution in [3.8, 4) is 28.7 Å². The number of hydrogen-bond acceptors (Lipinski definition) is 7. The van der Waals surface area contributed by atoms with Gasteiger partial charge in [0, 0.05) is 23.7 Å². The minimum atomic E-state index is -0.742. The molecular formula is C22H27NO6. The number of aliphatic hydroxyl groups is 1. The molecule has 2 aliphatic rings. The molecule has 2 heterocycles. The molecule has 0 aliphatic carbocycles. The maximum absolute atomic E-state index is 11.1. The number of benzene rings is 2. The van der Waals surface area contributed by atoms with Crippen molar-refractivity contribution < 1.29 is 28.8 Å². The van der Waals surface area contributed by atoms with Crippen molar-refractivity contribution in [1.29, 1.82) is 0 Å². The first kappa shape index (κ1) is 19.7. The Balaban J connectivity index is 1.72. The zero-order valence-electron chi connectivity index (χ0n) is 17.2. The molecule has 2 atom stereocenters. The molecule has 0 saturated carbocycles. The van der Waals surface area contributed by atoms with Crippen LogP contribution < -0.4 is 23.7 Å². The van der Waals surface area contributed by atoms with E-state index in [2.05, 4.69) is 11.9 Å². The van der Waals surface area contributed by atoms with E-state index in [9.17, 15) is 5.11 Å². The first-order valence-electron chi connectivity index (χ1n) is 9.67. The second-order valence-corrected chi connectivity index (χ2v) is 7.32. The van der Waals surface area contributed by atoms with Crippen molar-refractivity contribution in [2.24, 2.45) is 0 Å². The van der Waals surface area contributed by atoms with E-state index in [4.69, 9.17) is 23.7 Å². The van der Waals surface area contributed by atoms with Gasteiger partial charge in [0.2, 0.25) is 12.5 Å². The minimum Gasteiger partial charge on any atom is -0.497 e. The summed E-state index contributed by atoms with van der Waals surface area (Å²) in [6.07, 6.45) is 0.616. The van der Waals surface area contributed by atoms with Crippen LogP contribution in [0, 0.1) is 0 Å². The summed E-state index contributed by atoms with van der Waals surface area (Å²) in [7, 11) is 6.91. The molecule has 0 unspecified atom stereocenters. The Bertz CT molecular complexity index is 899. The van der Waals surface area contributed by atoms with Crippen molar-refractivity contribution in [3.63, 3.8) is 0 Å². The molecule has 7 nitrogen and oxygen atoms in total. The largest absolute Gasteiger partial charge is 0.497 e. The summed E-state index contributed by atoms with van der Waals surface area (Å²) in [6.45, 7) is 1.07. The average Bonchev–Trinajstić information content (AvgIpc) is 3.21. The first-order chi connectivity index (χ1) is 14.1. The maximum atomic E-state index is 11.1. The van der Waals surface area contributed by atoms with Gasteiger partial charge >= 0.3 is 0 Å². The number of methoxy groups -OCH3 is 3. The summed E-state index contributed by atoms with van der Waals surface area (Å²) >= 11 is 0. The van der Waals surface area contributed by atoms with Crippen LogP contribution >= 0.6 is 0 Å². The second kappa shape index (κ2) is 8.00. The Labute approximate surface area is 170 Å². The van der Waals surface area contributed by atoms with Crippen LogP contribution in [-0.2, 0) is 6.42 Å². The van der Waals surface area contributed by atoms with E-state index in [1.807, 2.05) is 24.3 Å². The smallest absolute Gasteiger partial charge is 0.231 e. The van der Waals surface area contributed by atoms with E-state index in [-0.39, 0.29) is 12.8 Å². The first-order valence-corrected chi connectivity index (χ1v) is 9.67. The zero-order valence-corrected chi connectivity index (χ0v) is 17.2. The number of fused-ring (bicyclic) bond motifs is 2. The van der Waals surface area contributed by atoms with Gasteiger partial charge in [0.1, 0.15) is 11.5 Å². The van der Waals surface area contributed by atoms with Crippen LogP contribution in [0.25, 0.3) is 0 Å². The third-order valence-corrected chi connectivity index (χ3v) is 5.79. The van der Waals surface area contributed by atoms with Crippen molar-refractivity contribution in [2.75, 3.05) is 41.7 Å². The molecule has 0 spiro atoms. The number of rotatable bonds is 6. The fraction of sp³-hybridized carbons (Fsp3) is 0.455. The lowest BCUT2D eigenvalue weighted by molar-refractivity contribution is 0.105. The highest BCUT2D eigenvalue weighted by atomic mass is 16.7. The van der Waals surface area contributed by atoms with Gasteiger partial charge in [-0.05, 0) is 49.7 Å². The van der Waals surface area contributed by atoms with Gasteiger partial charge in [-0.15, -0.1) is 0 Å². The quantitative estimate of drug-likeness (QED) is 0.798. The highest BCUT2D eigenvalue weighted by Gasteiger charge is 2.35. The van der Waals surface area contributed by atoms with Crippen LogP contribution in [0.15, 0.2) is 24.3 Å². The number of ether oxygens (including phenoxy) is 5. The maximum Gasteiger partial charge on any atom is 0.231 e. The lowest BCUT2D eigenvalue weighted by atomic mass is 9.87. The lowest BCUT2D eigenvalue weighted by Crippen LogP contribution is -2.33. The number of aliphatic hydroxyl groups excluding tert-OH is 1. The zero-order chi connectivity index (χ0) is 20.5. The van der Waals surface area contributed by atoms with Gasteiger partial charge in [0.25, 0.3) is 0 Å². The van der Waals surface area contributed by atoms with Gasteiger partial charge in [-0.2, -0.15) is 0 Å². The fourth-order valence-corrected chi connectivity index (χ4v) is 4.26. The molecule has 0 radical (unpaired) electrons. The average molecular weight is 401 g/mol. The van der Waals surface area contributed by atoms with Crippen molar-refractivity contribution in [2.45, 2.75) is 25.0 Å². The Hall–Kier alpha value is -2.64. The Morgan fingerprint density at radius 1 is 1.14 bits per heavy atom. The summed E-state index contributed by atoms with van der Waals surface area (Å²) in [5.41, 5.74) is 2.91. The van der Waals surface area contributed by atoms with Gasteiger partial charge in [-0.25, -0.2) is 0 Å². The monoisotopic (exact) mass is 401 g/mol. The van der Waals surface area contributed by atoms with Crippen LogP contribution in [0.3, 0.4) is 0 Å². The number of hydrogen-bond donors (Lipinski definition) is 1. The van der Waals surface area contributed by atoms with Crippen LogP contribution in [0.5, 0.6) is 28.7 Å². The predicted octanol–water partition coefficient (Wildman–Crippen LogP) is 3.09. The molecule has 0 amide bonds. The molecule has 2 aromatic carbocycles.